The number of hydrogen-bond donors (Lipinski definition) is 0. The van der Waals surface area contributed by atoms with E-state index in [0.717, 1.165) is 39.1 Å². The molecule has 7 heteroatoms. The van der Waals surface area contributed by atoms with Gasteiger partial charge in [0.25, 0.3) is 0 Å². The van der Waals surface area contributed by atoms with Gasteiger partial charge in [-0.25, -0.2) is 8.42 Å². The van der Waals surface area contributed by atoms with Crippen molar-refractivity contribution in [2.75, 3.05) is 45.7 Å². The molecule has 0 aromatic rings. The van der Waals surface area contributed by atoms with Crippen LogP contribution in [0.1, 0.15) is 12.8 Å². The molecule has 0 bridgehead atoms. The quantitative estimate of drug-likeness (QED) is 0.652. The fourth-order valence-corrected chi connectivity index (χ4v) is 4.51. The molecule has 3 fully saturated rings. The van der Waals surface area contributed by atoms with Crippen LogP contribution in [0.3, 0.4) is 0 Å². The number of fused-ring (bicyclic) bond motifs is 1. The Kier molecular flexibility index (Phi) is 3.83. The average Bonchev–Trinajstić information content (AvgIpc) is 2.78. The van der Waals surface area contributed by atoms with Crippen LogP contribution in [0.2, 0.25) is 0 Å². The number of likely N-dealkylation sites (N-methyl/N-ethyl adjacent to an activating group) is 1. The molecule has 3 aliphatic heterocycles. The van der Waals surface area contributed by atoms with Gasteiger partial charge < -0.3 is 9.47 Å². The maximum Gasteiger partial charge on any atom is 0.216 e. The van der Waals surface area contributed by atoms with Gasteiger partial charge in [-0.2, -0.15) is 4.31 Å². The van der Waals surface area contributed by atoms with Crippen LogP contribution in [0.15, 0.2) is 0 Å². The van der Waals surface area contributed by atoms with Crippen molar-refractivity contribution in [1.82, 2.24) is 9.21 Å². The fraction of sp³-hybridized carbons (Fsp3) is 1.00. The summed E-state index contributed by atoms with van der Waals surface area (Å²) in [5.41, 5.74) is 0. The average molecular weight is 290 g/mol. The Balaban J connectivity index is 1.72. The molecule has 3 heterocycles. The van der Waals surface area contributed by atoms with Crippen molar-refractivity contribution in [3.05, 3.63) is 0 Å². The van der Waals surface area contributed by atoms with Crippen LogP contribution < -0.4 is 0 Å². The van der Waals surface area contributed by atoms with Gasteiger partial charge in [-0.1, -0.05) is 0 Å². The molecule has 0 aromatic carbocycles. The van der Waals surface area contributed by atoms with Crippen LogP contribution in [0.25, 0.3) is 0 Å². The molecule has 0 spiro atoms. The van der Waals surface area contributed by atoms with Gasteiger partial charge in [0.05, 0.1) is 24.5 Å². The third kappa shape index (κ3) is 2.67. The third-order valence-corrected chi connectivity index (χ3v) is 6.38. The first-order valence-corrected chi connectivity index (χ1v) is 8.58. The smallest absolute Gasteiger partial charge is 0.216 e. The van der Waals surface area contributed by atoms with Gasteiger partial charge in [0, 0.05) is 39.4 Å². The highest BCUT2D eigenvalue weighted by Crippen LogP contribution is 2.27. The Morgan fingerprint density at radius 1 is 1.11 bits per heavy atom. The van der Waals surface area contributed by atoms with Gasteiger partial charge in [-0.05, 0) is 12.8 Å². The minimum absolute atomic E-state index is 0.0186. The third-order valence-electron chi connectivity index (χ3n) is 4.55. The molecule has 0 radical (unpaired) electrons. The van der Waals surface area contributed by atoms with Crippen molar-refractivity contribution < 1.29 is 17.9 Å². The summed E-state index contributed by atoms with van der Waals surface area (Å²) >= 11 is 0. The van der Waals surface area contributed by atoms with E-state index in [4.69, 9.17) is 9.47 Å². The predicted molar refractivity (Wildman–Crippen MR) is 70.5 cm³/mol. The largest absolute Gasteiger partial charge is 0.381 e. The van der Waals surface area contributed by atoms with Crippen LogP contribution in [0.5, 0.6) is 0 Å². The lowest BCUT2D eigenvalue weighted by Crippen LogP contribution is -2.44. The van der Waals surface area contributed by atoms with E-state index < -0.39 is 10.0 Å². The van der Waals surface area contributed by atoms with E-state index in [0.29, 0.717) is 12.6 Å². The van der Waals surface area contributed by atoms with Crippen molar-refractivity contribution in [3.63, 3.8) is 0 Å². The minimum atomic E-state index is -3.15. The second-order valence-electron chi connectivity index (χ2n) is 5.61. The molecule has 19 heavy (non-hydrogen) atoms. The van der Waals surface area contributed by atoms with E-state index in [9.17, 15) is 8.42 Å². The number of sulfonamides is 1. The normalized spacial score (nSPS) is 37.9. The lowest BCUT2D eigenvalue weighted by molar-refractivity contribution is 0.0264. The topological polar surface area (TPSA) is 59.1 Å². The molecule has 0 amide bonds. The van der Waals surface area contributed by atoms with E-state index >= 15 is 0 Å². The Hall–Kier alpha value is -0.210. The van der Waals surface area contributed by atoms with Gasteiger partial charge >= 0.3 is 0 Å². The van der Waals surface area contributed by atoms with E-state index in [1.165, 1.54) is 4.31 Å². The fourth-order valence-electron chi connectivity index (χ4n) is 3.30. The number of rotatable bonds is 1. The van der Waals surface area contributed by atoms with Crippen LogP contribution in [-0.2, 0) is 19.5 Å². The molecule has 3 aliphatic rings. The second-order valence-corrected chi connectivity index (χ2v) is 7.75. The monoisotopic (exact) mass is 290 g/mol. The van der Waals surface area contributed by atoms with Crippen molar-refractivity contribution in [3.8, 4) is 0 Å². The minimum Gasteiger partial charge on any atom is -0.381 e. The summed E-state index contributed by atoms with van der Waals surface area (Å²) in [6.07, 6.45) is 2.09. The van der Waals surface area contributed by atoms with Crippen LogP contribution in [-0.4, -0.2) is 81.5 Å². The van der Waals surface area contributed by atoms with Crippen molar-refractivity contribution >= 4 is 10.0 Å². The summed E-state index contributed by atoms with van der Waals surface area (Å²) in [5, 5.41) is 0. The highest BCUT2D eigenvalue weighted by molar-refractivity contribution is 7.89. The van der Waals surface area contributed by atoms with Gasteiger partial charge in [-0.3, -0.25) is 4.90 Å². The molecular weight excluding hydrogens is 268 g/mol. The summed E-state index contributed by atoms with van der Waals surface area (Å²) < 4.78 is 36.7. The Bertz CT molecular complexity index is 421. The van der Waals surface area contributed by atoms with Crippen molar-refractivity contribution in [2.45, 2.75) is 31.0 Å². The highest BCUT2D eigenvalue weighted by atomic mass is 32.2. The molecule has 0 aromatic heterocycles. The molecule has 0 saturated carbocycles. The maximum atomic E-state index is 12.0. The zero-order chi connectivity index (χ0) is 13.5. The van der Waals surface area contributed by atoms with Gasteiger partial charge in [0.2, 0.25) is 10.0 Å². The molecule has 2 atom stereocenters. The van der Waals surface area contributed by atoms with Crippen LogP contribution in [0, 0.1) is 0 Å². The van der Waals surface area contributed by atoms with Crippen LogP contribution in [0.4, 0.5) is 0 Å². The van der Waals surface area contributed by atoms with Crippen LogP contribution >= 0.6 is 0 Å². The lowest BCUT2D eigenvalue weighted by Gasteiger charge is -2.31. The molecular formula is C12H22N2O4S. The highest BCUT2D eigenvalue weighted by Gasteiger charge is 2.44. The summed E-state index contributed by atoms with van der Waals surface area (Å²) in [6.45, 7) is 3.56. The summed E-state index contributed by atoms with van der Waals surface area (Å²) in [4.78, 5) is 2.38. The molecule has 0 N–H and O–H groups in total. The van der Waals surface area contributed by atoms with E-state index in [-0.39, 0.29) is 17.9 Å². The summed E-state index contributed by atoms with van der Waals surface area (Å²) in [6, 6.07) is 0.482. The Morgan fingerprint density at radius 3 is 2.58 bits per heavy atom. The maximum absolute atomic E-state index is 12.0. The Morgan fingerprint density at radius 2 is 1.84 bits per heavy atom. The van der Waals surface area contributed by atoms with E-state index in [1.54, 1.807) is 7.05 Å². The molecule has 3 rings (SSSR count). The zero-order valence-electron chi connectivity index (χ0n) is 11.3. The first-order chi connectivity index (χ1) is 9.08. The standard InChI is InChI=1S/C12H22N2O4S/c1-13-11-8-14(10-2-4-17-5-3-10)9-12(11)18-6-7-19(13,15)16/h10-12H,2-9H2,1H3/t11-,12+/m1/s1. The number of hydrogen-bond acceptors (Lipinski definition) is 5. The first-order valence-electron chi connectivity index (χ1n) is 6.97. The summed E-state index contributed by atoms with van der Waals surface area (Å²) in [5.74, 6) is 0.105. The molecule has 3 saturated heterocycles. The van der Waals surface area contributed by atoms with Gasteiger partial charge in [0.1, 0.15) is 0 Å². The van der Waals surface area contributed by atoms with Crippen molar-refractivity contribution in [2.24, 2.45) is 0 Å². The van der Waals surface area contributed by atoms with E-state index in [2.05, 4.69) is 4.90 Å². The molecule has 0 unspecified atom stereocenters. The van der Waals surface area contributed by atoms with E-state index in [1.807, 2.05) is 0 Å². The second kappa shape index (κ2) is 5.29. The molecule has 6 nitrogen and oxygen atoms in total. The molecule has 110 valence electrons. The lowest BCUT2D eigenvalue weighted by atomic mass is 10.1. The first kappa shape index (κ1) is 13.8. The summed E-state index contributed by atoms with van der Waals surface area (Å²) in [7, 11) is -1.46. The predicted octanol–water partition coefficient (Wildman–Crippen LogP) is -0.490. The zero-order valence-corrected chi connectivity index (χ0v) is 12.1. The Labute approximate surface area is 114 Å². The number of ether oxygens (including phenoxy) is 2. The number of likely N-dealkylation sites (tertiary alicyclic amines) is 1. The van der Waals surface area contributed by atoms with Gasteiger partial charge in [0.15, 0.2) is 0 Å². The van der Waals surface area contributed by atoms with Gasteiger partial charge in [-0.15, -0.1) is 0 Å². The van der Waals surface area contributed by atoms with Crippen molar-refractivity contribution in [1.29, 1.82) is 0 Å². The molecule has 0 aliphatic carbocycles. The SMILES string of the molecule is CN1[C@@H]2CN(C3CCOCC3)C[C@@H]2OCCS1(=O)=O. The number of nitrogens with zero attached hydrogens (tertiary/aromatic N) is 2.